The maximum absolute atomic E-state index is 14.8. The lowest BCUT2D eigenvalue weighted by molar-refractivity contribution is -0.121. The summed E-state index contributed by atoms with van der Waals surface area (Å²) in [5, 5.41) is 6.89. The first-order chi connectivity index (χ1) is 41.4. The minimum Gasteiger partial charge on any atom is -0.356 e. The third kappa shape index (κ3) is 10.1. The molecule has 20 bridgehead atoms. The van der Waals surface area contributed by atoms with Crippen LogP contribution in [0.4, 0.5) is 0 Å². The van der Waals surface area contributed by atoms with E-state index in [1.54, 1.807) is 0 Å². The van der Waals surface area contributed by atoms with Crippen molar-refractivity contribution in [2.75, 3.05) is 13.1 Å². The number of carbonyl (C=O) groups is 2. The Balaban J connectivity index is 1.20. The van der Waals surface area contributed by atoms with Gasteiger partial charge < -0.3 is 30.6 Å². The summed E-state index contributed by atoms with van der Waals surface area (Å²) in [5.41, 5.74) is 39.0. The molecular weight excluding hydrogens is 1060 g/mol. The quantitative estimate of drug-likeness (QED) is 0.0885. The van der Waals surface area contributed by atoms with E-state index in [0.29, 0.717) is 38.8 Å². The highest BCUT2D eigenvalue weighted by Crippen LogP contribution is 2.43. The van der Waals surface area contributed by atoms with Crippen molar-refractivity contribution < 1.29 is 9.59 Å². The van der Waals surface area contributed by atoms with Crippen molar-refractivity contribution in [2.45, 2.75) is 201 Å². The van der Waals surface area contributed by atoms with E-state index in [1.807, 2.05) is 0 Å². The van der Waals surface area contributed by atoms with Crippen LogP contribution in [0.2, 0.25) is 0 Å². The third-order valence-electron chi connectivity index (χ3n) is 19.9. The molecule has 0 radical (unpaired) electrons. The minimum absolute atomic E-state index is 0.00284. The number of aromatic nitrogens is 8. The Morgan fingerprint density at radius 2 is 0.605 bits per heavy atom. The Bertz CT molecular complexity index is 4220. The second-order valence-corrected chi connectivity index (χ2v) is 24.4. The average molecular weight is 1150 g/mol. The SMILES string of the molecule is CCC1=C(C)c2nc1cc1[nH]c(c(C)c1CC)c1c3[nH]c(cc4nc(c2CCC(=O)NCCc2c5nc(cc6nc(c(c7[nH]c(cc8[nH]c2c(C)c8CC)c(CC)c7C)CCC(=O)NCC1)C(C)=C6CC)C(CC)=C5C)C(C)=C4CC)c(CC)c3C. The maximum atomic E-state index is 14.8. The van der Waals surface area contributed by atoms with Crippen molar-refractivity contribution in [3.8, 4) is 0 Å². The monoisotopic (exact) mass is 1150 g/mol. The van der Waals surface area contributed by atoms with E-state index >= 15 is 0 Å². The molecule has 8 aliphatic rings. The van der Waals surface area contributed by atoms with Gasteiger partial charge in [0.2, 0.25) is 11.8 Å². The second kappa shape index (κ2) is 24.1. The molecule has 6 N–H and O–H groups in total. The molecule has 0 spiro atoms. The number of amides is 2. The average Bonchev–Trinajstić information content (AvgIpc) is 2.02. The highest BCUT2D eigenvalue weighted by molar-refractivity contribution is 6.00. The van der Waals surface area contributed by atoms with Crippen molar-refractivity contribution in [3.63, 3.8) is 0 Å². The predicted molar refractivity (Wildman–Crippen MR) is 360 cm³/mol. The van der Waals surface area contributed by atoms with Gasteiger partial charge >= 0.3 is 0 Å². The summed E-state index contributed by atoms with van der Waals surface area (Å²) >= 11 is 0. The van der Waals surface area contributed by atoms with Crippen LogP contribution in [0.15, 0.2) is 24.3 Å². The molecule has 0 unspecified atom stereocenters. The Hall–Kier alpha value is -7.86. The minimum atomic E-state index is -0.0178. The van der Waals surface area contributed by atoms with Crippen molar-refractivity contribution in [3.05, 3.63) is 137 Å². The lowest BCUT2D eigenvalue weighted by Crippen LogP contribution is -2.26. The molecular formula is C74H90N10O2. The lowest BCUT2D eigenvalue weighted by atomic mass is 9.95. The fraction of sp³-hybridized carbons (Fsp3) is 0.432. The van der Waals surface area contributed by atoms with Gasteiger partial charge in [-0.15, -0.1) is 0 Å². The first-order valence-corrected chi connectivity index (χ1v) is 32.3. The summed E-state index contributed by atoms with van der Waals surface area (Å²) in [6, 6.07) is 9.02. The topological polar surface area (TPSA) is 173 Å². The Kier molecular flexibility index (Phi) is 16.8. The van der Waals surface area contributed by atoms with E-state index in [2.05, 4.69) is 166 Å². The number of hydrogen-bond acceptors (Lipinski definition) is 6. The molecule has 6 aromatic heterocycles. The summed E-state index contributed by atoms with van der Waals surface area (Å²) in [4.78, 5) is 67.9. The molecule has 0 aliphatic carbocycles. The number of allylic oxidation sites excluding steroid dienone is 8. The standard InChI is InChI=1S/C74H90N10O2/c1-17-45-37(9)67-53-25-27-65(85)75-32-30-56-73-43(15)51(23-7)63(83-73)35-59-47(19-3)39(11)69(79-59)54(70-40(12)48(20-4)60(80-70)36-64-52(24-8)44(16)74(56)84-64)26-28-66(86)76-31-29-55(71-41(13)49(21-5)61(81-71)33-57(45)77-67)72-42(14)50(22-6)62(82-72)34-58-46(18-2)38(10)68(53)78-58/h33-36,77,81,83-84H,17-32H2,1-16H3,(H,75,85)(H,76,86). The van der Waals surface area contributed by atoms with E-state index < -0.39 is 0 Å². The van der Waals surface area contributed by atoms with Gasteiger partial charge in [-0.05, 0) is 246 Å². The van der Waals surface area contributed by atoms with Gasteiger partial charge in [0.15, 0.2) is 0 Å². The van der Waals surface area contributed by atoms with Gasteiger partial charge in [-0.3, -0.25) is 9.59 Å². The fourth-order valence-corrected chi connectivity index (χ4v) is 15.3. The molecule has 14 rings (SSSR count). The zero-order chi connectivity index (χ0) is 61.2. The first kappa shape index (κ1) is 59.9. The Morgan fingerprint density at radius 1 is 0.326 bits per heavy atom. The van der Waals surface area contributed by atoms with Crippen LogP contribution in [-0.2, 0) is 61.0 Å². The number of carbonyl (C=O) groups excluding carboxylic acids is 2. The smallest absolute Gasteiger partial charge is 0.220 e. The lowest BCUT2D eigenvalue weighted by Gasteiger charge is -2.11. The van der Waals surface area contributed by atoms with Crippen molar-refractivity contribution >= 4 is 101 Å². The molecule has 8 aliphatic heterocycles. The van der Waals surface area contributed by atoms with Gasteiger partial charge in [-0.1, -0.05) is 55.4 Å². The molecule has 12 nitrogen and oxygen atoms in total. The molecule has 6 aromatic rings. The highest BCUT2D eigenvalue weighted by atomic mass is 16.2. The molecule has 448 valence electrons. The predicted octanol–water partition coefficient (Wildman–Crippen LogP) is 16.7. The number of nitrogens with one attached hydrogen (secondary N) is 6. The van der Waals surface area contributed by atoms with Gasteiger partial charge in [0.25, 0.3) is 0 Å². The molecule has 0 fully saturated rings. The molecule has 86 heavy (non-hydrogen) atoms. The molecule has 0 aromatic carbocycles. The normalized spacial score (nSPS) is 15.5. The number of nitrogens with zero attached hydrogens (tertiary/aromatic N) is 4. The second-order valence-electron chi connectivity index (χ2n) is 24.4. The number of H-pyrrole nitrogens is 4. The molecule has 0 atom stereocenters. The van der Waals surface area contributed by atoms with E-state index in [9.17, 15) is 9.59 Å². The zero-order valence-electron chi connectivity index (χ0n) is 54.2. The summed E-state index contributed by atoms with van der Waals surface area (Å²) in [6.45, 7) is 36.4. The summed E-state index contributed by atoms with van der Waals surface area (Å²) in [7, 11) is 0. The summed E-state index contributed by atoms with van der Waals surface area (Å²) < 4.78 is 0. The molecule has 12 heteroatoms. The van der Waals surface area contributed by atoms with Crippen LogP contribution in [0.5, 0.6) is 0 Å². The van der Waals surface area contributed by atoms with Crippen LogP contribution >= 0.6 is 0 Å². The number of hydrogen-bond donors (Lipinski definition) is 6. The van der Waals surface area contributed by atoms with Crippen LogP contribution in [0.25, 0.3) is 88.7 Å². The molecule has 14 heterocycles. The van der Waals surface area contributed by atoms with E-state index in [4.69, 9.17) is 19.9 Å². The third-order valence-corrected chi connectivity index (χ3v) is 19.9. The van der Waals surface area contributed by atoms with Crippen LogP contribution in [0, 0.1) is 27.7 Å². The summed E-state index contributed by atoms with van der Waals surface area (Å²) in [5.74, 6) is -0.0206. The van der Waals surface area contributed by atoms with E-state index in [1.165, 1.54) is 66.8 Å². The van der Waals surface area contributed by atoms with Crippen LogP contribution in [-0.4, -0.2) is 64.8 Å². The number of rotatable bonds is 8. The Morgan fingerprint density at radius 3 is 0.942 bits per heavy atom. The van der Waals surface area contributed by atoms with Gasteiger partial charge in [0.1, 0.15) is 0 Å². The summed E-state index contributed by atoms with van der Waals surface area (Å²) in [6.07, 6.45) is 9.12. The Labute approximate surface area is 508 Å². The van der Waals surface area contributed by atoms with Crippen molar-refractivity contribution in [1.29, 1.82) is 0 Å². The van der Waals surface area contributed by atoms with Gasteiger partial charge in [0.05, 0.1) is 45.6 Å². The number of aromatic amines is 4. The first-order valence-electron chi connectivity index (χ1n) is 32.3. The highest BCUT2D eigenvalue weighted by Gasteiger charge is 2.29. The molecule has 0 saturated carbocycles. The van der Waals surface area contributed by atoms with Crippen LogP contribution in [0.1, 0.15) is 234 Å². The fourth-order valence-electron chi connectivity index (χ4n) is 15.3. The largest absolute Gasteiger partial charge is 0.356 e. The zero-order valence-corrected chi connectivity index (χ0v) is 54.2. The maximum Gasteiger partial charge on any atom is 0.220 e. The van der Waals surface area contributed by atoms with E-state index in [0.717, 1.165) is 186 Å². The van der Waals surface area contributed by atoms with Gasteiger partial charge in [-0.25, -0.2) is 19.9 Å². The number of aryl methyl sites for hydroxylation is 9. The van der Waals surface area contributed by atoms with Crippen molar-refractivity contribution in [2.24, 2.45) is 0 Å². The van der Waals surface area contributed by atoms with Crippen molar-refractivity contribution in [1.82, 2.24) is 50.5 Å². The van der Waals surface area contributed by atoms with Gasteiger partial charge in [0, 0.05) is 92.3 Å². The van der Waals surface area contributed by atoms with Crippen LogP contribution < -0.4 is 10.6 Å². The van der Waals surface area contributed by atoms with E-state index in [-0.39, 0.29) is 24.7 Å². The van der Waals surface area contributed by atoms with Crippen LogP contribution in [0.3, 0.4) is 0 Å². The molecule has 0 saturated heterocycles. The van der Waals surface area contributed by atoms with Gasteiger partial charge in [-0.2, -0.15) is 0 Å². The molecule has 2 amide bonds.